The molecular formula is C20H37N5O. The number of hydrogen-bond donors (Lipinski definition) is 2. The Labute approximate surface area is 158 Å². The molecule has 2 atom stereocenters. The topological polar surface area (TPSA) is 65.7 Å². The van der Waals surface area contributed by atoms with Gasteiger partial charge in [0.15, 0.2) is 11.7 Å². The minimum absolute atomic E-state index is 0.484. The van der Waals surface area contributed by atoms with Gasteiger partial charge in [-0.05, 0) is 45.1 Å². The van der Waals surface area contributed by atoms with Gasteiger partial charge in [-0.2, -0.15) is 0 Å². The van der Waals surface area contributed by atoms with Crippen molar-refractivity contribution in [2.24, 2.45) is 10.9 Å². The van der Waals surface area contributed by atoms with Crippen LogP contribution in [0.15, 0.2) is 15.6 Å². The third kappa shape index (κ3) is 6.01. The summed E-state index contributed by atoms with van der Waals surface area (Å²) in [4.78, 5) is 6.90. The highest BCUT2D eigenvalue weighted by atomic mass is 16.5. The van der Waals surface area contributed by atoms with E-state index in [1.165, 1.54) is 25.9 Å². The number of nitrogens with zero attached hydrogens (tertiary/aromatic N) is 3. The number of guanidine groups is 1. The molecular weight excluding hydrogens is 326 g/mol. The number of hydrogen-bond acceptors (Lipinski definition) is 4. The summed E-state index contributed by atoms with van der Waals surface area (Å²) in [7, 11) is 1.80. The van der Waals surface area contributed by atoms with Gasteiger partial charge in [-0.25, -0.2) is 0 Å². The minimum Gasteiger partial charge on any atom is -0.359 e. The van der Waals surface area contributed by atoms with E-state index < -0.39 is 0 Å². The summed E-state index contributed by atoms with van der Waals surface area (Å²) < 4.78 is 5.47. The van der Waals surface area contributed by atoms with E-state index in [9.17, 15) is 0 Å². The van der Waals surface area contributed by atoms with Crippen molar-refractivity contribution in [2.75, 3.05) is 26.7 Å². The lowest BCUT2D eigenvalue weighted by Crippen LogP contribution is -2.48. The molecule has 2 heterocycles. The van der Waals surface area contributed by atoms with Crippen LogP contribution in [0.4, 0.5) is 0 Å². The summed E-state index contributed by atoms with van der Waals surface area (Å²) in [6, 6.07) is 2.57. The molecule has 0 amide bonds. The standard InChI is InChI=1S/C20H37N5O/c1-6-17(7-2)19-11-18(26-24-19)13-23-20(21-5)22-12-16(4)25-10-8-9-15(3)14-25/h11,15-17H,6-10,12-14H2,1-5H3,(H2,21,22,23). The summed E-state index contributed by atoms with van der Waals surface area (Å²) in [6.07, 6.45) is 4.84. The van der Waals surface area contributed by atoms with Gasteiger partial charge in [0, 0.05) is 38.2 Å². The predicted molar refractivity (Wildman–Crippen MR) is 107 cm³/mol. The molecule has 2 rings (SSSR count). The first-order chi connectivity index (χ1) is 12.6. The molecule has 6 heteroatoms. The van der Waals surface area contributed by atoms with Crippen molar-refractivity contribution >= 4 is 5.96 Å². The molecule has 0 saturated carbocycles. The van der Waals surface area contributed by atoms with Gasteiger partial charge < -0.3 is 15.2 Å². The van der Waals surface area contributed by atoms with Crippen LogP contribution >= 0.6 is 0 Å². The van der Waals surface area contributed by atoms with E-state index in [4.69, 9.17) is 4.52 Å². The van der Waals surface area contributed by atoms with Crippen LogP contribution in [0.1, 0.15) is 70.8 Å². The molecule has 1 aromatic rings. The lowest BCUT2D eigenvalue weighted by molar-refractivity contribution is 0.139. The van der Waals surface area contributed by atoms with Crippen LogP contribution in [-0.4, -0.2) is 48.7 Å². The van der Waals surface area contributed by atoms with Crippen LogP contribution in [0.3, 0.4) is 0 Å². The maximum absolute atomic E-state index is 5.47. The Morgan fingerprint density at radius 3 is 2.81 bits per heavy atom. The molecule has 1 fully saturated rings. The Morgan fingerprint density at radius 1 is 1.38 bits per heavy atom. The van der Waals surface area contributed by atoms with Gasteiger partial charge in [0.1, 0.15) is 0 Å². The van der Waals surface area contributed by atoms with E-state index in [0.717, 1.165) is 42.7 Å². The first-order valence-electron chi connectivity index (χ1n) is 10.2. The maximum Gasteiger partial charge on any atom is 0.191 e. The van der Waals surface area contributed by atoms with Crippen LogP contribution in [0, 0.1) is 5.92 Å². The van der Waals surface area contributed by atoms with Crippen molar-refractivity contribution in [2.45, 2.75) is 71.9 Å². The van der Waals surface area contributed by atoms with Crippen molar-refractivity contribution < 1.29 is 4.52 Å². The Morgan fingerprint density at radius 2 is 2.15 bits per heavy atom. The molecule has 0 aliphatic carbocycles. The molecule has 26 heavy (non-hydrogen) atoms. The average Bonchev–Trinajstić information content (AvgIpc) is 3.11. The molecule has 1 aromatic heterocycles. The van der Waals surface area contributed by atoms with Crippen molar-refractivity contribution in [3.63, 3.8) is 0 Å². The zero-order valence-electron chi connectivity index (χ0n) is 17.2. The summed E-state index contributed by atoms with van der Waals surface area (Å²) >= 11 is 0. The van der Waals surface area contributed by atoms with E-state index in [1.54, 1.807) is 7.05 Å². The third-order valence-electron chi connectivity index (χ3n) is 5.51. The zero-order chi connectivity index (χ0) is 18.9. The van der Waals surface area contributed by atoms with Gasteiger partial charge in [0.05, 0.1) is 12.2 Å². The highest BCUT2D eigenvalue weighted by Gasteiger charge is 2.21. The molecule has 1 aliphatic heterocycles. The molecule has 1 aliphatic rings. The number of nitrogens with one attached hydrogen (secondary N) is 2. The molecule has 6 nitrogen and oxygen atoms in total. The first kappa shape index (κ1) is 20.7. The zero-order valence-corrected chi connectivity index (χ0v) is 17.2. The molecule has 2 unspecified atom stereocenters. The Bertz CT molecular complexity index is 552. The third-order valence-corrected chi connectivity index (χ3v) is 5.51. The van der Waals surface area contributed by atoms with Gasteiger partial charge >= 0.3 is 0 Å². The summed E-state index contributed by atoms with van der Waals surface area (Å²) in [5.74, 6) is 2.95. The summed E-state index contributed by atoms with van der Waals surface area (Å²) in [5, 5.41) is 11.0. The molecule has 1 saturated heterocycles. The fraction of sp³-hybridized carbons (Fsp3) is 0.800. The second-order valence-electron chi connectivity index (χ2n) is 7.63. The second kappa shape index (κ2) is 10.6. The Hall–Kier alpha value is -1.56. The lowest BCUT2D eigenvalue weighted by atomic mass is 9.99. The Kier molecular flexibility index (Phi) is 8.42. The van der Waals surface area contributed by atoms with Crippen molar-refractivity contribution in [1.29, 1.82) is 0 Å². The lowest BCUT2D eigenvalue weighted by Gasteiger charge is -2.35. The summed E-state index contributed by atoms with van der Waals surface area (Å²) in [5.41, 5.74) is 1.06. The highest BCUT2D eigenvalue weighted by Crippen LogP contribution is 2.22. The van der Waals surface area contributed by atoms with Crippen LogP contribution in [0.2, 0.25) is 0 Å². The van der Waals surface area contributed by atoms with E-state index in [0.29, 0.717) is 18.5 Å². The summed E-state index contributed by atoms with van der Waals surface area (Å²) in [6.45, 7) is 12.9. The van der Waals surface area contributed by atoms with Gasteiger partial charge in [0.25, 0.3) is 0 Å². The van der Waals surface area contributed by atoms with Crippen LogP contribution < -0.4 is 10.6 Å². The largest absolute Gasteiger partial charge is 0.359 e. The maximum atomic E-state index is 5.47. The molecule has 0 aromatic carbocycles. The monoisotopic (exact) mass is 363 g/mol. The number of aromatic nitrogens is 1. The number of rotatable bonds is 8. The average molecular weight is 364 g/mol. The van der Waals surface area contributed by atoms with E-state index in [-0.39, 0.29) is 0 Å². The van der Waals surface area contributed by atoms with E-state index in [2.05, 4.69) is 59.4 Å². The highest BCUT2D eigenvalue weighted by molar-refractivity contribution is 5.79. The smallest absolute Gasteiger partial charge is 0.191 e. The molecule has 0 spiro atoms. The SMILES string of the molecule is CCC(CC)c1cc(CNC(=NC)NCC(C)N2CCCC(C)C2)on1. The van der Waals surface area contributed by atoms with E-state index >= 15 is 0 Å². The number of aliphatic imine (C=N–C) groups is 1. The predicted octanol–water partition coefficient (Wildman–Crippen LogP) is 3.36. The van der Waals surface area contributed by atoms with Crippen molar-refractivity contribution in [3.05, 3.63) is 17.5 Å². The first-order valence-corrected chi connectivity index (χ1v) is 10.2. The number of piperidine rings is 1. The Balaban J connectivity index is 1.77. The molecule has 0 radical (unpaired) electrons. The second-order valence-corrected chi connectivity index (χ2v) is 7.63. The molecule has 148 valence electrons. The normalized spacial score (nSPS) is 20.4. The fourth-order valence-corrected chi connectivity index (χ4v) is 3.70. The van der Waals surface area contributed by atoms with Crippen LogP contribution in [-0.2, 0) is 6.54 Å². The van der Waals surface area contributed by atoms with Crippen LogP contribution in [0.5, 0.6) is 0 Å². The minimum atomic E-state index is 0.484. The molecule has 2 N–H and O–H groups in total. The van der Waals surface area contributed by atoms with Gasteiger partial charge in [-0.3, -0.25) is 9.89 Å². The van der Waals surface area contributed by atoms with Gasteiger partial charge in [-0.15, -0.1) is 0 Å². The number of likely N-dealkylation sites (tertiary alicyclic amines) is 1. The van der Waals surface area contributed by atoms with Crippen molar-refractivity contribution in [3.8, 4) is 0 Å². The molecule has 0 bridgehead atoms. The van der Waals surface area contributed by atoms with E-state index in [1.807, 2.05) is 0 Å². The fourth-order valence-electron chi connectivity index (χ4n) is 3.70. The van der Waals surface area contributed by atoms with Gasteiger partial charge in [0.2, 0.25) is 0 Å². The van der Waals surface area contributed by atoms with Crippen LogP contribution in [0.25, 0.3) is 0 Å². The van der Waals surface area contributed by atoms with Gasteiger partial charge in [-0.1, -0.05) is 25.9 Å². The van der Waals surface area contributed by atoms with Crippen molar-refractivity contribution in [1.82, 2.24) is 20.7 Å². The quantitative estimate of drug-likeness (QED) is 0.548.